The third-order valence-corrected chi connectivity index (χ3v) is 4.57. The van der Waals surface area contributed by atoms with Crippen molar-refractivity contribution in [1.29, 1.82) is 0 Å². The topological polar surface area (TPSA) is 131 Å². The smallest absolute Gasteiger partial charge is 0.379 e. The number of amidine groups is 1. The van der Waals surface area contributed by atoms with E-state index in [0.29, 0.717) is 5.39 Å². The van der Waals surface area contributed by atoms with Crippen molar-refractivity contribution in [3.8, 4) is 0 Å². The van der Waals surface area contributed by atoms with Gasteiger partial charge in [0.05, 0.1) is 5.02 Å². The quantitative estimate of drug-likeness (QED) is 0.161. The molecule has 1 aromatic carbocycles. The van der Waals surface area contributed by atoms with Crippen molar-refractivity contribution >= 4 is 50.6 Å². The van der Waals surface area contributed by atoms with E-state index in [4.69, 9.17) is 23.1 Å². The van der Waals surface area contributed by atoms with E-state index in [2.05, 4.69) is 14.9 Å². The van der Waals surface area contributed by atoms with Crippen molar-refractivity contribution in [1.82, 2.24) is 10.3 Å². The number of hydrogen-bond acceptors (Lipinski definition) is 7. The van der Waals surface area contributed by atoms with Gasteiger partial charge in [-0.05, 0) is 21.1 Å². The summed E-state index contributed by atoms with van der Waals surface area (Å²) < 4.78 is 5.40. The molecule has 3 aromatic rings. The van der Waals surface area contributed by atoms with Crippen molar-refractivity contribution in [3.05, 3.63) is 39.9 Å². The zero-order valence-corrected chi connectivity index (χ0v) is 12.4. The van der Waals surface area contributed by atoms with Gasteiger partial charge < -0.3 is 10.9 Å². The number of fused-ring (bicyclic) bond motifs is 1. The van der Waals surface area contributed by atoms with Crippen molar-refractivity contribution in [2.24, 2.45) is 5.73 Å². The predicted octanol–water partition coefficient (Wildman–Crippen LogP) is 1.47. The fourth-order valence-corrected chi connectivity index (χ4v) is 3.27. The van der Waals surface area contributed by atoms with Crippen LogP contribution < -0.4 is 11.5 Å². The summed E-state index contributed by atoms with van der Waals surface area (Å²) in [5, 5.41) is 17.7. The number of amides is 1. The molecule has 0 bridgehead atoms. The van der Waals surface area contributed by atoms with Crippen LogP contribution in [0.15, 0.2) is 28.9 Å². The predicted molar refractivity (Wildman–Crippen MR) is 80.2 cm³/mol. The molecule has 1 amide bonds. The number of hydroxylamine groups is 1. The van der Waals surface area contributed by atoms with Gasteiger partial charge in [0, 0.05) is 10.1 Å². The zero-order chi connectivity index (χ0) is 15.9. The number of nitrogens with two attached hydrogens (primary N) is 2. The number of carbonyl (C=O) groups is 1. The van der Waals surface area contributed by atoms with E-state index in [0.717, 1.165) is 16.0 Å². The average molecular weight is 339 g/mol. The van der Waals surface area contributed by atoms with Gasteiger partial charge in [0.2, 0.25) is 11.5 Å². The Labute approximate surface area is 132 Å². The van der Waals surface area contributed by atoms with Gasteiger partial charge in [0.1, 0.15) is 4.88 Å². The minimum Gasteiger partial charge on any atom is -0.379 e. The number of rotatable bonds is 2. The molecule has 0 saturated carbocycles. The summed E-state index contributed by atoms with van der Waals surface area (Å²) in [6, 6.07) is 7.22. The monoisotopic (exact) mass is 338 g/mol. The summed E-state index contributed by atoms with van der Waals surface area (Å²) in [5.41, 5.74) is 11.0. The number of thiophene rings is 1. The molecule has 0 atom stereocenters. The molecule has 0 radical (unpaired) electrons. The number of nitrogens with zero attached hydrogens (tertiary/aromatic N) is 3. The van der Waals surface area contributed by atoms with Gasteiger partial charge in [-0.15, -0.1) is 11.3 Å². The minimum atomic E-state index is -0.800. The Hall–Kier alpha value is -2.65. The molecular formula is C12H9ClN5O3S+. The van der Waals surface area contributed by atoms with Crippen LogP contribution in [0.4, 0.5) is 5.82 Å². The number of aromatic nitrogens is 2. The van der Waals surface area contributed by atoms with E-state index in [1.54, 1.807) is 12.1 Å². The Morgan fingerprint density at radius 3 is 2.73 bits per heavy atom. The molecule has 3 rings (SSSR count). The second kappa shape index (κ2) is 5.28. The SMILES string of the molecule is NC(c1nonc1N)=[N+](O)C(=O)c1sc2ccccc2c1Cl. The van der Waals surface area contributed by atoms with Crippen LogP contribution in [0.2, 0.25) is 5.02 Å². The molecule has 0 saturated heterocycles. The van der Waals surface area contributed by atoms with Crippen molar-refractivity contribution in [2.45, 2.75) is 0 Å². The Balaban J connectivity index is 2.09. The van der Waals surface area contributed by atoms with Crippen LogP contribution in [0.3, 0.4) is 0 Å². The normalized spacial score (nSPS) is 12.4. The van der Waals surface area contributed by atoms with Crippen LogP contribution in [-0.2, 0) is 0 Å². The first-order chi connectivity index (χ1) is 10.5. The Morgan fingerprint density at radius 1 is 1.36 bits per heavy atom. The number of anilines is 1. The average Bonchev–Trinajstić information content (AvgIpc) is 3.09. The van der Waals surface area contributed by atoms with Crippen molar-refractivity contribution in [2.75, 3.05) is 5.73 Å². The van der Waals surface area contributed by atoms with Crippen LogP contribution in [0.1, 0.15) is 15.4 Å². The van der Waals surface area contributed by atoms with Crippen LogP contribution in [0, 0.1) is 0 Å². The highest BCUT2D eigenvalue weighted by Gasteiger charge is 2.29. The van der Waals surface area contributed by atoms with E-state index < -0.39 is 11.7 Å². The summed E-state index contributed by atoms with van der Waals surface area (Å²) in [7, 11) is 0. The molecule has 0 spiro atoms. The van der Waals surface area contributed by atoms with Crippen molar-refractivity contribution < 1.29 is 19.4 Å². The molecule has 0 aliphatic carbocycles. The van der Waals surface area contributed by atoms with Gasteiger partial charge in [0.25, 0.3) is 0 Å². The molecule has 0 fully saturated rings. The largest absolute Gasteiger partial charge is 0.391 e. The maximum Gasteiger partial charge on any atom is 0.391 e. The lowest BCUT2D eigenvalue weighted by Crippen LogP contribution is -2.32. The Kier molecular flexibility index (Phi) is 3.43. The molecule has 8 nitrogen and oxygen atoms in total. The van der Waals surface area contributed by atoms with E-state index >= 15 is 0 Å². The molecule has 5 N–H and O–H groups in total. The summed E-state index contributed by atoms with van der Waals surface area (Å²) in [6.45, 7) is 0. The van der Waals surface area contributed by atoms with Gasteiger partial charge in [-0.25, -0.2) is 9.42 Å². The summed E-state index contributed by atoms with van der Waals surface area (Å²) in [4.78, 5) is 12.5. The van der Waals surface area contributed by atoms with Gasteiger partial charge >= 0.3 is 11.7 Å². The van der Waals surface area contributed by atoms with Crippen LogP contribution in [0.5, 0.6) is 0 Å². The molecule has 10 heteroatoms. The Bertz CT molecular complexity index is 917. The maximum atomic E-state index is 12.4. The first kappa shape index (κ1) is 14.3. The first-order valence-electron chi connectivity index (χ1n) is 5.92. The third-order valence-electron chi connectivity index (χ3n) is 2.91. The molecule has 2 aromatic heterocycles. The van der Waals surface area contributed by atoms with E-state index in [1.165, 1.54) is 0 Å². The first-order valence-corrected chi connectivity index (χ1v) is 7.11. The summed E-state index contributed by atoms with van der Waals surface area (Å²) in [5.74, 6) is -1.35. The number of benzene rings is 1. The molecule has 0 unspecified atom stereocenters. The van der Waals surface area contributed by atoms with E-state index in [9.17, 15) is 10.0 Å². The van der Waals surface area contributed by atoms with Gasteiger partial charge in [0.15, 0.2) is 0 Å². The van der Waals surface area contributed by atoms with Crippen molar-refractivity contribution in [3.63, 3.8) is 0 Å². The minimum absolute atomic E-state index is 0.131. The maximum absolute atomic E-state index is 12.4. The third kappa shape index (κ3) is 2.16. The molecule has 0 aliphatic heterocycles. The highest BCUT2D eigenvalue weighted by molar-refractivity contribution is 7.21. The fraction of sp³-hybridized carbons (Fsp3) is 0. The Morgan fingerprint density at radius 2 is 2.09 bits per heavy atom. The highest BCUT2D eigenvalue weighted by atomic mass is 35.5. The van der Waals surface area contributed by atoms with Gasteiger partial charge in [-0.2, -0.15) is 0 Å². The standard InChI is InChI=1S/C12H8ClN5O3S/c13-7-5-3-1-2-4-6(5)22-9(7)12(19)18(20)11(15)8-10(14)17-21-16-8/h1-4,15,20H,(H2,14,17)/p+1. The molecule has 22 heavy (non-hydrogen) atoms. The summed E-state index contributed by atoms with van der Waals surface area (Å²) in [6.07, 6.45) is 0. The fourth-order valence-electron chi connectivity index (χ4n) is 1.83. The lowest BCUT2D eigenvalue weighted by atomic mass is 10.2. The molecule has 2 heterocycles. The molecule has 112 valence electrons. The van der Waals surface area contributed by atoms with E-state index in [1.807, 2.05) is 12.1 Å². The van der Waals surface area contributed by atoms with Crippen LogP contribution in [0.25, 0.3) is 10.1 Å². The second-order valence-corrected chi connectivity index (χ2v) is 5.67. The number of halogens is 1. The highest BCUT2D eigenvalue weighted by Crippen LogP contribution is 2.35. The van der Waals surface area contributed by atoms with Crippen LogP contribution in [-0.4, -0.2) is 32.0 Å². The lowest BCUT2D eigenvalue weighted by molar-refractivity contribution is -0.698. The van der Waals surface area contributed by atoms with Gasteiger partial charge in [-0.3, -0.25) is 5.73 Å². The number of carbonyl (C=O) groups excluding carboxylic acids is 1. The zero-order valence-electron chi connectivity index (χ0n) is 10.9. The molecule has 0 aliphatic rings. The molecular weight excluding hydrogens is 330 g/mol. The summed E-state index contributed by atoms with van der Waals surface area (Å²) >= 11 is 7.32. The lowest BCUT2D eigenvalue weighted by Gasteiger charge is -1.97. The number of hydrogen-bond donors (Lipinski definition) is 3. The van der Waals surface area contributed by atoms with E-state index in [-0.39, 0.29) is 26.2 Å². The number of nitrogen functional groups attached to an aromatic ring is 1. The van der Waals surface area contributed by atoms with Gasteiger partial charge in [-0.1, -0.05) is 29.8 Å². The second-order valence-electron chi connectivity index (χ2n) is 4.24. The van der Waals surface area contributed by atoms with Crippen LogP contribution >= 0.6 is 22.9 Å².